The van der Waals surface area contributed by atoms with Crippen molar-refractivity contribution in [1.82, 2.24) is 4.90 Å². The quantitative estimate of drug-likeness (QED) is 0.509. The number of amides is 2. The van der Waals surface area contributed by atoms with Crippen LogP contribution in [0.2, 0.25) is 0 Å². The van der Waals surface area contributed by atoms with Crippen molar-refractivity contribution in [2.45, 2.75) is 24.8 Å². The molecule has 0 spiro atoms. The van der Waals surface area contributed by atoms with E-state index in [-0.39, 0.29) is 11.8 Å². The highest BCUT2D eigenvalue weighted by Gasteiger charge is 2.43. The molecule has 0 fully saturated rings. The Hall–Kier alpha value is -3.51. The van der Waals surface area contributed by atoms with Crippen molar-refractivity contribution in [3.05, 3.63) is 100 Å². The molecule has 0 atom stereocenters. The molecule has 3 aromatic carbocycles. The summed E-state index contributed by atoms with van der Waals surface area (Å²) < 4.78 is 5.23. The molecule has 2 amide bonds. The Kier molecular flexibility index (Phi) is 5.68. The predicted molar refractivity (Wildman–Crippen MR) is 130 cm³/mol. The lowest BCUT2D eigenvalue weighted by Gasteiger charge is -2.31. The number of fused-ring (bicyclic) bond motifs is 1. The van der Waals surface area contributed by atoms with Crippen molar-refractivity contribution in [3.63, 3.8) is 0 Å². The first kappa shape index (κ1) is 21.3. The second kappa shape index (κ2) is 8.79. The Balaban J connectivity index is 1.54. The summed E-state index contributed by atoms with van der Waals surface area (Å²) in [6.07, 6.45) is 0.839. The smallest absolute Gasteiger partial charge is 0.283 e. The van der Waals surface area contributed by atoms with E-state index in [1.165, 1.54) is 27.8 Å². The van der Waals surface area contributed by atoms with Gasteiger partial charge in [-0.25, -0.2) is 4.90 Å². The van der Waals surface area contributed by atoms with Gasteiger partial charge in [0.1, 0.15) is 16.4 Å². The summed E-state index contributed by atoms with van der Waals surface area (Å²) in [5, 5.41) is 0. The van der Waals surface area contributed by atoms with Gasteiger partial charge in [-0.3, -0.25) is 9.59 Å². The van der Waals surface area contributed by atoms with E-state index in [1.807, 2.05) is 43.3 Å². The zero-order chi connectivity index (χ0) is 22.9. The summed E-state index contributed by atoms with van der Waals surface area (Å²) in [4.78, 5) is 32.1. The van der Waals surface area contributed by atoms with Crippen molar-refractivity contribution in [2.24, 2.45) is 0 Å². The largest absolute Gasteiger partial charge is 0.497 e. The van der Waals surface area contributed by atoms with Gasteiger partial charge in [0.05, 0.1) is 12.8 Å². The number of thioether (sulfide) groups is 1. The van der Waals surface area contributed by atoms with Crippen molar-refractivity contribution in [2.75, 3.05) is 18.6 Å². The number of carbonyl (C=O) groups is 2. The maximum Gasteiger partial charge on any atom is 0.283 e. The molecule has 0 N–H and O–H groups in total. The predicted octanol–water partition coefficient (Wildman–Crippen LogP) is 4.94. The summed E-state index contributed by atoms with van der Waals surface area (Å²) in [6, 6.07) is 23.3. The molecule has 0 radical (unpaired) electrons. The molecule has 0 bridgehead atoms. The van der Waals surface area contributed by atoms with Gasteiger partial charge in [0.25, 0.3) is 11.8 Å². The lowest BCUT2D eigenvalue weighted by Crippen LogP contribution is -2.37. The summed E-state index contributed by atoms with van der Waals surface area (Å²) in [5.41, 5.74) is 4.66. The monoisotopic (exact) mass is 456 g/mol. The van der Waals surface area contributed by atoms with E-state index < -0.39 is 0 Å². The van der Waals surface area contributed by atoms with Crippen molar-refractivity contribution >= 4 is 29.3 Å². The molecule has 0 aliphatic carbocycles. The van der Waals surface area contributed by atoms with Gasteiger partial charge in [-0.05, 0) is 60.9 Å². The third kappa shape index (κ3) is 4.02. The van der Waals surface area contributed by atoms with Gasteiger partial charge in [0.2, 0.25) is 0 Å². The molecular weight excluding hydrogens is 432 g/mol. The second-order valence-corrected chi connectivity index (χ2v) is 9.26. The molecular formula is C27H24N2O3S. The molecule has 0 unspecified atom stereocenters. The van der Waals surface area contributed by atoms with E-state index in [4.69, 9.17) is 4.74 Å². The van der Waals surface area contributed by atoms with Crippen LogP contribution in [0, 0.1) is 6.92 Å². The maximum absolute atomic E-state index is 13.7. The first-order chi connectivity index (χ1) is 16.0. The van der Waals surface area contributed by atoms with Crippen LogP contribution in [0.5, 0.6) is 5.75 Å². The average Bonchev–Trinajstić information content (AvgIpc) is 3.09. The molecule has 3 aromatic rings. The maximum atomic E-state index is 13.7. The minimum absolute atomic E-state index is 0.279. The van der Waals surface area contributed by atoms with Crippen LogP contribution in [-0.4, -0.2) is 30.4 Å². The van der Waals surface area contributed by atoms with Crippen LogP contribution in [0.1, 0.15) is 16.7 Å². The first-order valence-electron chi connectivity index (χ1n) is 10.9. The van der Waals surface area contributed by atoms with Crippen LogP contribution in [0.3, 0.4) is 0 Å². The average molecular weight is 457 g/mol. The summed E-state index contributed by atoms with van der Waals surface area (Å²) >= 11 is 1.36. The molecule has 0 saturated heterocycles. The van der Waals surface area contributed by atoms with Crippen LogP contribution in [0.4, 0.5) is 5.69 Å². The van der Waals surface area contributed by atoms with Gasteiger partial charge in [0.15, 0.2) is 0 Å². The number of rotatable bonds is 5. The normalized spacial score (nSPS) is 15.8. The molecule has 0 saturated carbocycles. The number of methoxy groups -OCH3 is 1. The van der Waals surface area contributed by atoms with Crippen LogP contribution in [0.25, 0.3) is 0 Å². The fourth-order valence-corrected chi connectivity index (χ4v) is 5.25. The highest BCUT2D eigenvalue weighted by molar-refractivity contribution is 8.04. The first-order valence-corrected chi connectivity index (χ1v) is 11.7. The Morgan fingerprint density at radius 3 is 2.24 bits per heavy atom. The highest BCUT2D eigenvalue weighted by atomic mass is 32.2. The van der Waals surface area contributed by atoms with Gasteiger partial charge in [-0.1, -0.05) is 53.7 Å². The Morgan fingerprint density at radius 1 is 0.848 bits per heavy atom. The van der Waals surface area contributed by atoms with E-state index in [1.54, 1.807) is 31.4 Å². The number of ether oxygens (including phenoxy) is 1. The van der Waals surface area contributed by atoms with Gasteiger partial charge in [-0.2, -0.15) is 0 Å². The molecule has 2 aliphatic heterocycles. The zero-order valence-electron chi connectivity index (χ0n) is 18.6. The Morgan fingerprint density at radius 2 is 1.55 bits per heavy atom. The number of carbonyl (C=O) groups excluding carboxylic acids is 2. The van der Waals surface area contributed by atoms with Crippen LogP contribution in [-0.2, 0) is 22.6 Å². The number of benzene rings is 3. The second-order valence-electron chi connectivity index (χ2n) is 8.18. The number of hydrogen-bond acceptors (Lipinski definition) is 5. The van der Waals surface area contributed by atoms with E-state index in [9.17, 15) is 9.59 Å². The van der Waals surface area contributed by atoms with Crippen LogP contribution < -0.4 is 9.64 Å². The molecule has 5 rings (SSSR count). The minimum atomic E-state index is -0.287. The molecule has 0 aromatic heterocycles. The van der Waals surface area contributed by atoms with Crippen molar-refractivity contribution in [1.29, 1.82) is 0 Å². The molecule has 166 valence electrons. The van der Waals surface area contributed by atoms with E-state index in [2.05, 4.69) is 17.0 Å². The summed E-state index contributed by atoms with van der Waals surface area (Å²) in [7, 11) is 1.59. The molecule has 2 aliphatic rings. The van der Waals surface area contributed by atoms with Gasteiger partial charge >= 0.3 is 0 Å². The highest BCUT2D eigenvalue weighted by Crippen LogP contribution is 2.40. The Labute approximate surface area is 197 Å². The number of anilines is 1. The van der Waals surface area contributed by atoms with E-state index in [0.717, 1.165) is 16.9 Å². The SMILES string of the molecule is COc1ccc(N2C(=O)C(Sc3ccc(C)cc3)=C(N3CCc4ccccc4C3)C2=O)cc1. The molecule has 6 heteroatoms. The lowest BCUT2D eigenvalue weighted by molar-refractivity contribution is -0.121. The van der Waals surface area contributed by atoms with Gasteiger partial charge in [0, 0.05) is 18.0 Å². The third-order valence-corrected chi connectivity index (χ3v) is 7.12. The van der Waals surface area contributed by atoms with E-state index in [0.29, 0.717) is 35.1 Å². The zero-order valence-corrected chi connectivity index (χ0v) is 19.4. The lowest BCUT2D eigenvalue weighted by atomic mass is 9.99. The molecule has 2 heterocycles. The van der Waals surface area contributed by atoms with Crippen molar-refractivity contribution < 1.29 is 14.3 Å². The summed E-state index contributed by atoms with van der Waals surface area (Å²) in [5.74, 6) is 0.108. The standard InChI is InChI=1S/C27H24N2O3S/c1-18-7-13-23(14-8-18)33-25-24(28-16-15-19-5-3-4-6-20(19)17-28)26(30)29(27(25)31)21-9-11-22(32-2)12-10-21/h3-14H,15-17H2,1-2H3. The van der Waals surface area contributed by atoms with Crippen LogP contribution in [0.15, 0.2) is 88.3 Å². The minimum Gasteiger partial charge on any atom is -0.497 e. The number of aryl methyl sites for hydroxylation is 1. The number of imide groups is 1. The fraction of sp³-hybridized carbons (Fsp3) is 0.185. The Bertz CT molecular complexity index is 1250. The number of nitrogens with zero attached hydrogens (tertiary/aromatic N) is 2. The van der Waals surface area contributed by atoms with Gasteiger partial charge in [-0.15, -0.1) is 0 Å². The number of hydrogen-bond donors (Lipinski definition) is 0. The van der Waals surface area contributed by atoms with Gasteiger partial charge < -0.3 is 9.64 Å². The molecule has 33 heavy (non-hydrogen) atoms. The van der Waals surface area contributed by atoms with Crippen LogP contribution >= 0.6 is 11.8 Å². The van der Waals surface area contributed by atoms with Crippen molar-refractivity contribution in [3.8, 4) is 5.75 Å². The summed E-state index contributed by atoms with van der Waals surface area (Å²) in [6.45, 7) is 3.33. The van der Waals surface area contributed by atoms with E-state index >= 15 is 0 Å². The molecule has 5 nitrogen and oxygen atoms in total. The third-order valence-electron chi connectivity index (χ3n) is 6.04. The fourth-order valence-electron chi connectivity index (χ4n) is 4.25. The topological polar surface area (TPSA) is 49.9 Å².